The number of hydrogen-bond donors (Lipinski definition) is 1. The fraction of sp³-hybridized carbons (Fsp3) is 0.333. The minimum atomic E-state index is -1.32. The number of aromatic nitrogens is 2. The van der Waals surface area contributed by atoms with Crippen molar-refractivity contribution in [2.75, 3.05) is 20.3 Å². The van der Waals surface area contributed by atoms with Gasteiger partial charge >= 0.3 is 5.97 Å². The molecule has 7 heteroatoms. The molecule has 1 aromatic carbocycles. The molecule has 3 aromatic rings. The highest BCUT2D eigenvalue weighted by molar-refractivity contribution is 5.77. The lowest BCUT2D eigenvalue weighted by Gasteiger charge is -2.35. The van der Waals surface area contributed by atoms with Crippen molar-refractivity contribution in [1.29, 1.82) is 0 Å². The average molecular weight is 422 g/mol. The van der Waals surface area contributed by atoms with Gasteiger partial charge in [-0.25, -0.2) is 4.79 Å². The second-order valence-corrected chi connectivity index (χ2v) is 7.65. The maximum atomic E-state index is 11.8. The van der Waals surface area contributed by atoms with E-state index in [-0.39, 0.29) is 12.0 Å². The van der Waals surface area contributed by atoms with E-state index in [2.05, 4.69) is 9.97 Å². The molecule has 1 aliphatic heterocycles. The van der Waals surface area contributed by atoms with E-state index in [0.29, 0.717) is 13.2 Å². The number of rotatable bonds is 7. The molecule has 162 valence electrons. The second-order valence-electron chi connectivity index (χ2n) is 7.65. The summed E-state index contributed by atoms with van der Waals surface area (Å²) in [7, 11) is 1.32. The van der Waals surface area contributed by atoms with Gasteiger partial charge in [0.25, 0.3) is 5.79 Å². The molecule has 0 amide bonds. The average Bonchev–Trinajstić information content (AvgIpc) is 3.35. The smallest absolute Gasteiger partial charge is 0.366 e. The normalized spacial score (nSPS) is 21.9. The molecule has 1 aliphatic rings. The number of benzene rings is 1. The summed E-state index contributed by atoms with van der Waals surface area (Å²) in [6.07, 6.45) is 4.09. The van der Waals surface area contributed by atoms with Crippen molar-refractivity contribution in [2.45, 2.75) is 25.2 Å². The van der Waals surface area contributed by atoms with Gasteiger partial charge in [-0.15, -0.1) is 0 Å². The van der Waals surface area contributed by atoms with Gasteiger partial charge in [-0.1, -0.05) is 18.2 Å². The fourth-order valence-electron chi connectivity index (χ4n) is 3.56. The highest BCUT2D eigenvalue weighted by Crippen LogP contribution is 2.28. The van der Waals surface area contributed by atoms with E-state index in [1.807, 2.05) is 60.8 Å². The first-order valence-corrected chi connectivity index (χ1v) is 10.2. The largest absolute Gasteiger partial charge is 0.478 e. The van der Waals surface area contributed by atoms with Crippen molar-refractivity contribution in [3.05, 3.63) is 83.9 Å². The van der Waals surface area contributed by atoms with Crippen molar-refractivity contribution in [1.82, 2.24) is 9.97 Å². The number of carbonyl (C=O) groups is 1. The highest BCUT2D eigenvalue weighted by atomic mass is 16.7. The first-order chi connectivity index (χ1) is 15.1. The molecule has 1 saturated heterocycles. The Morgan fingerprint density at radius 2 is 1.94 bits per heavy atom. The Morgan fingerprint density at radius 3 is 2.55 bits per heavy atom. The van der Waals surface area contributed by atoms with E-state index in [1.165, 1.54) is 7.11 Å². The Labute approximate surface area is 181 Å². The van der Waals surface area contributed by atoms with Gasteiger partial charge in [0.1, 0.15) is 5.75 Å². The number of ether oxygens (including phenoxy) is 4. The maximum absolute atomic E-state index is 11.8. The van der Waals surface area contributed by atoms with Crippen LogP contribution in [0.2, 0.25) is 0 Å². The van der Waals surface area contributed by atoms with Crippen LogP contribution in [0.1, 0.15) is 30.0 Å². The molecule has 31 heavy (non-hydrogen) atoms. The van der Waals surface area contributed by atoms with E-state index in [1.54, 1.807) is 13.1 Å². The van der Waals surface area contributed by atoms with Crippen LogP contribution in [0.15, 0.2) is 67.0 Å². The molecule has 1 fully saturated rings. The summed E-state index contributed by atoms with van der Waals surface area (Å²) in [6, 6.07) is 17.7. The molecule has 3 heterocycles. The van der Waals surface area contributed by atoms with Crippen LogP contribution in [0.5, 0.6) is 5.75 Å². The molecule has 1 atom stereocenters. The van der Waals surface area contributed by atoms with Crippen LogP contribution >= 0.6 is 0 Å². The van der Waals surface area contributed by atoms with Crippen molar-refractivity contribution in [3.8, 4) is 5.75 Å². The van der Waals surface area contributed by atoms with Crippen LogP contribution in [0, 0.1) is 5.92 Å². The van der Waals surface area contributed by atoms with Gasteiger partial charge in [-0.2, -0.15) is 0 Å². The summed E-state index contributed by atoms with van der Waals surface area (Å²) in [5.41, 5.74) is 2.91. The Hall–Kier alpha value is -3.16. The van der Waals surface area contributed by atoms with Gasteiger partial charge in [0.05, 0.1) is 31.7 Å². The van der Waals surface area contributed by atoms with Crippen LogP contribution in [0.4, 0.5) is 0 Å². The number of hydrogen-bond acceptors (Lipinski definition) is 6. The number of nitrogens with zero attached hydrogens (tertiary/aromatic N) is 1. The number of esters is 1. The van der Waals surface area contributed by atoms with Gasteiger partial charge in [-0.3, -0.25) is 4.98 Å². The van der Waals surface area contributed by atoms with Crippen LogP contribution in [0.3, 0.4) is 0 Å². The molecule has 0 saturated carbocycles. The zero-order valence-electron chi connectivity index (χ0n) is 17.6. The fourth-order valence-corrected chi connectivity index (χ4v) is 3.56. The maximum Gasteiger partial charge on any atom is 0.366 e. The Kier molecular flexibility index (Phi) is 6.34. The molecule has 0 spiro atoms. The minimum Gasteiger partial charge on any atom is -0.478 e. The zero-order valence-corrected chi connectivity index (χ0v) is 17.6. The van der Waals surface area contributed by atoms with E-state index < -0.39 is 11.8 Å². The van der Waals surface area contributed by atoms with Crippen LogP contribution in [-0.4, -0.2) is 42.0 Å². The Balaban J connectivity index is 1.39. The van der Waals surface area contributed by atoms with Crippen molar-refractivity contribution >= 4 is 5.97 Å². The predicted octanol–water partition coefficient (Wildman–Crippen LogP) is 3.67. The summed E-state index contributed by atoms with van der Waals surface area (Å²) < 4.78 is 22.3. The van der Waals surface area contributed by atoms with Crippen LogP contribution in [0.25, 0.3) is 0 Å². The van der Waals surface area contributed by atoms with E-state index in [4.69, 9.17) is 18.9 Å². The lowest BCUT2D eigenvalue weighted by atomic mass is 9.99. The number of aromatic amines is 1. The van der Waals surface area contributed by atoms with Gasteiger partial charge in [0, 0.05) is 25.2 Å². The van der Waals surface area contributed by atoms with Crippen LogP contribution < -0.4 is 4.74 Å². The number of H-pyrrole nitrogens is 1. The van der Waals surface area contributed by atoms with Crippen molar-refractivity contribution in [3.63, 3.8) is 0 Å². The summed E-state index contributed by atoms with van der Waals surface area (Å²) in [6.45, 7) is 2.44. The molecular formula is C24H26N2O5. The van der Waals surface area contributed by atoms with E-state index >= 15 is 0 Å². The third-order valence-corrected chi connectivity index (χ3v) is 5.31. The second kappa shape index (κ2) is 9.32. The van der Waals surface area contributed by atoms with Crippen molar-refractivity contribution in [2.24, 2.45) is 5.92 Å². The molecule has 7 nitrogen and oxygen atoms in total. The standard InChI is InChI=1S/C24H26N2O5/c1-24(23(27)28-2)29-15-18(16-30-24)14-17-8-10-19(11-9-17)31-22(21-7-5-13-26-21)20-6-3-4-12-25-20/h3-13,18,22,26H,14-16H2,1-2H3. The first-order valence-electron chi connectivity index (χ1n) is 10.2. The number of nitrogens with one attached hydrogen (secondary N) is 1. The quantitative estimate of drug-likeness (QED) is 0.585. The number of carbonyl (C=O) groups excluding carboxylic acids is 1. The van der Waals surface area contributed by atoms with Gasteiger partial charge in [0.15, 0.2) is 6.10 Å². The molecule has 4 rings (SSSR count). The summed E-state index contributed by atoms with van der Waals surface area (Å²) in [4.78, 5) is 19.4. The Morgan fingerprint density at radius 1 is 1.16 bits per heavy atom. The molecule has 0 radical (unpaired) electrons. The number of pyridine rings is 1. The summed E-state index contributed by atoms with van der Waals surface area (Å²) in [5, 5.41) is 0. The SMILES string of the molecule is COC(=O)C1(C)OCC(Cc2ccc(OC(c3ccccn3)c3ccc[nH]3)cc2)CO1. The molecule has 0 aliphatic carbocycles. The number of methoxy groups -OCH3 is 1. The van der Waals surface area contributed by atoms with E-state index in [0.717, 1.165) is 29.1 Å². The van der Waals surface area contributed by atoms with E-state index in [9.17, 15) is 4.79 Å². The van der Waals surface area contributed by atoms with Crippen molar-refractivity contribution < 1.29 is 23.7 Å². The van der Waals surface area contributed by atoms with Gasteiger partial charge in [-0.05, 0) is 48.4 Å². The summed E-state index contributed by atoms with van der Waals surface area (Å²) >= 11 is 0. The first kappa shape index (κ1) is 21.1. The third kappa shape index (κ3) is 4.95. The topological polar surface area (TPSA) is 82.7 Å². The van der Waals surface area contributed by atoms with Gasteiger partial charge < -0.3 is 23.9 Å². The molecular weight excluding hydrogens is 396 g/mol. The highest BCUT2D eigenvalue weighted by Gasteiger charge is 2.41. The Bertz CT molecular complexity index is 965. The predicted molar refractivity (Wildman–Crippen MR) is 113 cm³/mol. The minimum absolute atomic E-state index is 0.157. The molecule has 1 N–H and O–H groups in total. The zero-order chi connectivity index (χ0) is 21.7. The van der Waals surface area contributed by atoms with Gasteiger partial charge in [0.2, 0.25) is 0 Å². The monoisotopic (exact) mass is 422 g/mol. The molecule has 0 bridgehead atoms. The lowest BCUT2D eigenvalue weighted by molar-refractivity contribution is -0.272. The molecule has 1 unspecified atom stereocenters. The third-order valence-electron chi connectivity index (χ3n) is 5.31. The summed E-state index contributed by atoms with van der Waals surface area (Å²) in [5.74, 6) is -0.925. The lowest BCUT2D eigenvalue weighted by Crippen LogP contribution is -2.48. The van der Waals surface area contributed by atoms with Crippen LogP contribution in [-0.2, 0) is 25.4 Å². The molecule has 2 aromatic heterocycles.